The maximum atomic E-state index is 12.2. The number of halogens is 1. The number of hydrogen-bond acceptors (Lipinski definition) is 2. The minimum atomic E-state index is -0.248. The maximum absolute atomic E-state index is 12.2. The fourth-order valence-electron chi connectivity index (χ4n) is 2.01. The van der Waals surface area contributed by atoms with E-state index >= 15 is 0 Å². The number of fused-ring (bicyclic) bond motifs is 1. The Kier molecular flexibility index (Phi) is 3.32. The molecule has 20 heavy (non-hydrogen) atoms. The molecule has 1 amide bonds. The smallest absolute Gasteiger partial charge is 0.291 e. The number of nitrogens with one attached hydrogen (secondary N) is 1. The highest BCUT2D eigenvalue weighted by Gasteiger charge is 2.13. The molecule has 3 rings (SSSR count). The summed E-state index contributed by atoms with van der Waals surface area (Å²) in [5.74, 6) is 0.0629. The van der Waals surface area contributed by atoms with Crippen molar-refractivity contribution in [1.29, 1.82) is 0 Å². The highest BCUT2D eigenvalue weighted by molar-refractivity contribution is 9.10. The minimum Gasteiger partial charge on any atom is -0.451 e. The molecular formula is C16H12BrNO2. The molecule has 4 heteroatoms. The molecule has 3 aromatic rings. The van der Waals surface area contributed by atoms with Gasteiger partial charge >= 0.3 is 0 Å². The van der Waals surface area contributed by atoms with Crippen LogP contribution in [0.5, 0.6) is 0 Å². The summed E-state index contributed by atoms with van der Waals surface area (Å²) in [6.07, 6.45) is 0. The Morgan fingerprint density at radius 2 is 1.95 bits per heavy atom. The lowest BCUT2D eigenvalue weighted by Crippen LogP contribution is -2.11. The average Bonchev–Trinajstić information content (AvgIpc) is 2.87. The number of anilines is 1. The summed E-state index contributed by atoms with van der Waals surface area (Å²) in [7, 11) is 0. The van der Waals surface area contributed by atoms with E-state index < -0.39 is 0 Å². The van der Waals surface area contributed by atoms with Gasteiger partial charge in [0.25, 0.3) is 5.91 Å². The Morgan fingerprint density at radius 1 is 1.15 bits per heavy atom. The number of benzene rings is 2. The van der Waals surface area contributed by atoms with E-state index in [2.05, 4.69) is 21.2 Å². The van der Waals surface area contributed by atoms with Gasteiger partial charge in [-0.1, -0.05) is 40.2 Å². The second kappa shape index (κ2) is 5.13. The van der Waals surface area contributed by atoms with Crippen LogP contribution in [0.1, 0.15) is 16.1 Å². The zero-order valence-corrected chi connectivity index (χ0v) is 12.4. The molecular weight excluding hydrogens is 318 g/mol. The molecule has 0 radical (unpaired) electrons. The van der Waals surface area contributed by atoms with Crippen LogP contribution in [-0.2, 0) is 0 Å². The molecule has 0 saturated heterocycles. The van der Waals surface area contributed by atoms with Crippen molar-refractivity contribution in [2.45, 2.75) is 6.92 Å². The van der Waals surface area contributed by atoms with Crippen molar-refractivity contribution in [1.82, 2.24) is 0 Å². The SMILES string of the molecule is Cc1ccc(Br)cc1NC(=O)c1cc2ccccc2o1. The quantitative estimate of drug-likeness (QED) is 0.736. The number of hydrogen-bond donors (Lipinski definition) is 1. The predicted octanol–water partition coefficient (Wildman–Crippen LogP) is 4.76. The van der Waals surface area contributed by atoms with Crippen molar-refractivity contribution in [2.75, 3.05) is 5.32 Å². The van der Waals surface area contributed by atoms with Crippen molar-refractivity contribution < 1.29 is 9.21 Å². The molecule has 0 aliphatic rings. The lowest BCUT2D eigenvalue weighted by molar-refractivity contribution is 0.0998. The number of furan rings is 1. The number of carbonyl (C=O) groups excluding carboxylic acids is 1. The van der Waals surface area contributed by atoms with Crippen LogP contribution in [0.4, 0.5) is 5.69 Å². The van der Waals surface area contributed by atoms with Crippen LogP contribution in [0.15, 0.2) is 57.4 Å². The first kappa shape index (κ1) is 12.9. The van der Waals surface area contributed by atoms with Crippen molar-refractivity contribution in [3.63, 3.8) is 0 Å². The number of para-hydroxylation sites is 1. The van der Waals surface area contributed by atoms with E-state index in [-0.39, 0.29) is 5.91 Å². The van der Waals surface area contributed by atoms with Gasteiger partial charge in [0.2, 0.25) is 0 Å². The fourth-order valence-corrected chi connectivity index (χ4v) is 2.37. The predicted molar refractivity (Wildman–Crippen MR) is 83.0 cm³/mol. The van der Waals surface area contributed by atoms with Crippen LogP contribution >= 0.6 is 15.9 Å². The Labute approximate surface area is 124 Å². The summed E-state index contributed by atoms with van der Waals surface area (Å²) < 4.78 is 6.47. The lowest BCUT2D eigenvalue weighted by atomic mass is 10.2. The van der Waals surface area contributed by atoms with Crippen LogP contribution in [0.25, 0.3) is 11.0 Å². The summed E-state index contributed by atoms with van der Waals surface area (Å²) in [6, 6.07) is 15.1. The Hall–Kier alpha value is -2.07. The van der Waals surface area contributed by atoms with Crippen molar-refractivity contribution >= 4 is 38.5 Å². The van der Waals surface area contributed by atoms with Gasteiger partial charge in [0, 0.05) is 15.5 Å². The van der Waals surface area contributed by atoms with E-state index in [0.29, 0.717) is 11.3 Å². The molecule has 3 nitrogen and oxygen atoms in total. The summed E-state index contributed by atoms with van der Waals surface area (Å²) >= 11 is 3.40. The molecule has 0 saturated carbocycles. The van der Waals surface area contributed by atoms with Crippen LogP contribution in [0.2, 0.25) is 0 Å². The zero-order chi connectivity index (χ0) is 14.1. The van der Waals surface area contributed by atoms with Gasteiger partial charge in [-0.25, -0.2) is 0 Å². The number of aryl methyl sites for hydroxylation is 1. The molecule has 0 unspecified atom stereocenters. The third-order valence-corrected chi connectivity index (χ3v) is 3.59. The molecule has 0 spiro atoms. The van der Waals surface area contributed by atoms with Crippen LogP contribution in [-0.4, -0.2) is 5.91 Å². The molecule has 0 atom stereocenters. The number of rotatable bonds is 2. The van der Waals surface area contributed by atoms with Gasteiger partial charge in [0.1, 0.15) is 5.58 Å². The standard InChI is InChI=1S/C16H12BrNO2/c1-10-6-7-12(17)9-13(10)18-16(19)15-8-11-4-2-3-5-14(11)20-15/h2-9H,1H3,(H,18,19). The largest absolute Gasteiger partial charge is 0.451 e. The molecule has 2 aromatic carbocycles. The van der Waals surface area contributed by atoms with Crippen LogP contribution in [0, 0.1) is 6.92 Å². The highest BCUT2D eigenvalue weighted by Crippen LogP contribution is 2.23. The molecule has 1 N–H and O–H groups in total. The number of carbonyl (C=O) groups is 1. The topological polar surface area (TPSA) is 42.2 Å². The third-order valence-electron chi connectivity index (χ3n) is 3.10. The molecule has 0 aliphatic carbocycles. The third kappa shape index (κ3) is 2.47. The first-order chi connectivity index (χ1) is 9.63. The highest BCUT2D eigenvalue weighted by atomic mass is 79.9. The van der Waals surface area contributed by atoms with Crippen LogP contribution in [0.3, 0.4) is 0 Å². The second-order valence-corrected chi connectivity index (χ2v) is 5.48. The molecule has 100 valence electrons. The minimum absolute atomic E-state index is 0.248. The average molecular weight is 330 g/mol. The first-order valence-electron chi connectivity index (χ1n) is 6.19. The normalized spacial score (nSPS) is 10.7. The van der Waals surface area contributed by atoms with Crippen LogP contribution < -0.4 is 5.32 Å². The van der Waals surface area contributed by atoms with E-state index in [1.165, 1.54) is 0 Å². The molecule has 0 fully saturated rings. The Bertz CT molecular complexity index is 759. The summed E-state index contributed by atoms with van der Waals surface area (Å²) in [5.41, 5.74) is 2.48. The number of amides is 1. The van der Waals surface area contributed by atoms with Gasteiger partial charge in [-0.05, 0) is 36.8 Å². The fraction of sp³-hybridized carbons (Fsp3) is 0.0625. The van der Waals surface area contributed by atoms with Crippen molar-refractivity contribution in [3.05, 3.63) is 64.3 Å². The molecule has 1 aromatic heterocycles. The lowest BCUT2D eigenvalue weighted by Gasteiger charge is -2.07. The Morgan fingerprint density at radius 3 is 2.75 bits per heavy atom. The summed E-state index contributed by atoms with van der Waals surface area (Å²) in [6.45, 7) is 1.95. The molecule has 0 bridgehead atoms. The first-order valence-corrected chi connectivity index (χ1v) is 6.99. The molecule has 0 aliphatic heterocycles. The van der Waals surface area contributed by atoms with Crippen molar-refractivity contribution in [2.24, 2.45) is 0 Å². The monoisotopic (exact) mass is 329 g/mol. The zero-order valence-electron chi connectivity index (χ0n) is 10.8. The van der Waals surface area contributed by atoms with Crippen molar-refractivity contribution in [3.8, 4) is 0 Å². The van der Waals surface area contributed by atoms with E-state index in [1.807, 2.05) is 49.4 Å². The summed E-state index contributed by atoms with van der Waals surface area (Å²) in [5, 5.41) is 3.79. The van der Waals surface area contributed by atoms with Gasteiger partial charge in [0.05, 0.1) is 0 Å². The van der Waals surface area contributed by atoms with Gasteiger partial charge < -0.3 is 9.73 Å². The van der Waals surface area contributed by atoms with Gasteiger partial charge in [-0.2, -0.15) is 0 Å². The Balaban J connectivity index is 1.90. The maximum Gasteiger partial charge on any atom is 0.291 e. The van der Waals surface area contributed by atoms with E-state index in [4.69, 9.17) is 4.42 Å². The van der Waals surface area contributed by atoms with Gasteiger partial charge in [-0.15, -0.1) is 0 Å². The second-order valence-electron chi connectivity index (χ2n) is 4.56. The summed E-state index contributed by atoms with van der Waals surface area (Å²) in [4.78, 5) is 12.2. The van der Waals surface area contributed by atoms with Gasteiger partial charge in [-0.3, -0.25) is 4.79 Å². The van der Waals surface area contributed by atoms with E-state index in [0.717, 1.165) is 21.1 Å². The van der Waals surface area contributed by atoms with E-state index in [1.54, 1.807) is 6.07 Å². The van der Waals surface area contributed by atoms with Gasteiger partial charge in [0.15, 0.2) is 5.76 Å². The van der Waals surface area contributed by atoms with E-state index in [9.17, 15) is 4.79 Å². The molecule has 1 heterocycles.